The monoisotopic (exact) mass is 347 g/mol. The van der Waals surface area contributed by atoms with Crippen LogP contribution in [-0.4, -0.2) is 35.0 Å². The Morgan fingerprint density at radius 1 is 1.36 bits per heavy atom. The predicted octanol–water partition coefficient (Wildman–Crippen LogP) is 2.18. The van der Waals surface area contributed by atoms with Gasteiger partial charge in [-0.05, 0) is 51.0 Å². The topological polar surface area (TPSA) is 102 Å². The summed E-state index contributed by atoms with van der Waals surface area (Å²) in [5, 5.41) is 2.69. The summed E-state index contributed by atoms with van der Waals surface area (Å²) in [7, 11) is 0. The van der Waals surface area contributed by atoms with Gasteiger partial charge in [0.1, 0.15) is 5.60 Å². The normalized spacial score (nSPS) is 17.5. The van der Waals surface area contributed by atoms with Gasteiger partial charge in [-0.25, -0.2) is 4.79 Å². The Bertz CT molecular complexity index is 694. The van der Waals surface area contributed by atoms with E-state index in [0.29, 0.717) is 18.8 Å². The number of anilines is 1. The molecule has 1 atom stereocenters. The average molecular weight is 347 g/mol. The van der Waals surface area contributed by atoms with E-state index in [-0.39, 0.29) is 12.3 Å². The van der Waals surface area contributed by atoms with Crippen molar-refractivity contribution in [1.82, 2.24) is 4.90 Å². The van der Waals surface area contributed by atoms with Gasteiger partial charge in [0.05, 0.1) is 5.92 Å². The quantitative estimate of drug-likeness (QED) is 0.871. The summed E-state index contributed by atoms with van der Waals surface area (Å²) in [6.45, 7) is 8.01. The molecule has 0 spiro atoms. The van der Waals surface area contributed by atoms with Gasteiger partial charge >= 0.3 is 6.09 Å². The fourth-order valence-electron chi connectivity index (χ4n) is 2.66. The Morgan fingerprint density at radius 2 is 2.04 bits per heavy atom. The van der Waals surface area contributed by atoms with Crippen molar-refractivity contribution >= 4 is 23.6 Å². The highest BCUT2D eigenvalue weighted by atomic mass is 16.6. The SMILES string of the molecule is Cc1ccc(NC(=O)OC(C)(C)C)cc1CN1CC(C(N)=O)CC1=O. The molecule has 0 bridgehead atoms. The fourth-order valence-corrected chi connectivity index (χ4v) is 2.66. The van der Waals surface area contributed by atoms with E-state index in [9.17, 15) is 14.4 Å². The van der Waals surface area contributed by atoms with Gasteiger partial charge in [-0.2, -0.15) is 0 Å². The molecule has 3 amide bonds. The lowest BCUT2D eigenvalue weighted by Gasteiger charge is -2.21. The van der Waals surface area contributed by atoms with Gasteiger partial charge in [0.15, 0.2) is 0 Å². The molecule has 25 heavy (non-hydrogen) atoms. The third kappa shape index (κ3) is 5.20. The number of benzene rings is 1. The highest BCUT2D eigenvalue weighted by Gasteiger charge is 2.33. The third-order valence-corrected chi connectivity index (χ3v) is 3.97. The first kappa shape index (κ1) is 18.8. The predicted molar refractivity (Wildman–Crippen MR) is 93.8 cm³/mol. The smallest absolute Gasteiger partial charge is 0.412 e. The van der Waals surface area contributed by atoms with Gasteiger partial charge in [-0.3, -0.25) is 14.9 Å². The molecular weight excluding hydrogens is 322 g/mol. The summed E-state index contributed by atoms with van der Waals surface area (Å²) >= 11 is 0. The van der Waals surface area contributed by atoms with Gasteiger partial charge in [-0.15, -0.1) is 0 Å². The number of ether oxygens (including phenoxy) is 1. The van der Waals surface area contributed by atoms with Crippen molar-refractivity contribution in [2.45, 2.75) is 46.3 Å². The minimum atomic E-state index is -0.580. The number of carbonyl (C=O) groups is 3. The first-order valence-electron chi connectivity index (χ1n) is 8.22. The Balaban J connectivity index is 2.08. The largest absolute Gasteiger partial charge is 0.444 e. The Kier molecular flexibility index (Phi) is 5.35. The number of rotatable bonds is 4. The number of likely N-dealkylation sites (tertiary alicyclic amines) is 1. The maximum Gasteiger partial charge on any atom is 0.412 e. The molecule has 1 fully saturated rings. The van der Waals surface area contributed by atoms with Crippen LogP contribution in [-0.2, 0) is 20.9 Å². The second-order valence-electron chi connectivity index (χ2n) is 7.35. The van der Waals surface area contributed by atoms with Crippen LogP contribution in [0.1, 0.15) is 38.3 Å². The lowest BCUT2D eigenvalue weighted by molar-refractivity contribution is -0.128. The number of carbonyl (C=O) groups excluding carboxylic acids is 3. The van der Waals surface area contributed by atoms with Crippen LogP contribution in [0.15, 0.2) is 18.2 Å². The van der Waals surface area contributed by atoms with Crippen molar-refractivity contribution < 1.29 is 19.1 Å². The van der Waals surface area contributed by atoms with Gasteiger partial charge in [0, 0.05) is 25.2 Å². The molecule has 1 aliphatic heterocycles. The first-order valence-corrected chi connectivity index (χ1v) is 8.22. The Labute approximate surface area is 147 Å². The molecular formula is C18H25N3O4. The van der Waals surface area contributed by atoms with Crippen molar-refractivity contribution in [1.29, 1.82) is 0 Å². The number of aryl methyl sites for hydroxylation is 1. The molecule has 0 aromatic heterocycles. The number of primary amides is 1. The zero-order valence-corrected chi connectivity index (χ0v) is 15.1. The molecule has 1 unspecified atom stereocenters. The number of hydrogen-bond acceptors (Lipinski definition) is 4. The number of hydrogen-bond donors (Lipinski definition) is 2. The molecule has 136 valence electrons. The lowest BCUT2D eigenvalue weighted by Crippen LogP contribution is -2.28. The van der Waals surface area contributed by atoms with Gasteiger partial charge in [0.2, 0.25) is 11.8 Å². The molecule has 7 heteroatoms. The van der Waals surface area contributed by atoms with Crippen LogP contribution < -0.4 is 11.1 Å². The van der Waals surface area contributed by atoms with E-state index in [4.69, 9.17) is 10.5 Å². The molecule has 1 heterocycles. The van der Waals surface area contributed by atoms with E-state index in [1.807, 2.05) is 19.1 Å². The molecule has 7 nitrogen and oxygen atoms in total. The van der Waals surface area contributed by atoms with Crippen LogP contribution >= 0.6 is 0 Å². The van der Waals surface area contributed by atoms with E-state index < -0.39 is 23.5 Å². The maximum atomic E-state index is 12.1. The van der Waals surface area contributed by atoms with Crippen LogP contribution in [0.25, 0.3) is 0 Å². The van der Waals surface area contributed by atoms with E-state index in [1.54, 1.807) is 31.7 Å². The van der Waals surface area contributed by atoms with E-state index in [0.717, 1.165) is 11.1 Å². The van der Waals surface area contributed by atoms with Crippen LogP contribution in [0.4, 0.5) is 10.5 Å². The van der Waals surface area contributed by atoms with E-state index >= 15 is 0 Å². The number of nitrogens with two attached hydrogens (primary N) is 1. The van der Waals surface area contributed by atoms with Crippen molar-refractivity contribution in [3.63, 3.8) is 0 Å². The van der Waals surface area contributed by atoms with Gasteiger partial charge < -0.3 is 15.4 Å². The summed E-state index contributed by atoms with van der Waals surface area (Å²) in [6, 6.07) is 5.46. The standard InChI is InChI=1S/C18H25N3O4/c1-11-5-6-14(20-17(24)25-18(2,3)4)7-12(11)9-21-10-13(16(19)23)8-15(21)22/h5-7,13H,8-10H2,1-4H3,(H2,19,23)(H,20,24). The minimum absolute atomic E-state index is 0.0892. The summed E-state index contributed by atoms with van der Waals surface area (Å²) in [4.78, 5) is 36.8. The minimum Gasteiger partial charge on any atom is -0.444 e. The lowest BCUT2D eigenvalue weighted by atomic mass is 10.1. The number of amides is 3. The zero-order valence-electron chi connectivity index (χ0n) is 15.1. The molecule has 1 aliphatic rings. The molecule has 1 aromatic carbocycles. The average Bonchev–Trinajstić information content (AvgIpc) is 2.82. The van der Waals surface area contributed by atoms with Crippen LogP contribution in [0.3, 0.4) is 0 Å². The maximum absolute atomic E-state index is 12.1. The van der Waals surface area contributed by atoms with Crippen LogP contribution in [0.5, 0.6) is 0 Å². The second kappa shape index (κ2) is 7.13. The van der Waals surface area contributed by atoms with Gasteiger partial charge in [-0.1, -0.05) is 6.07 Å². The summed E-state index contributed by atoms with van der Waals surface area (Å²) < 4.78 is 5.24. The molecule has 0 radical (unpaired) electrons. The fraction of sp³-hybridized carbons (Fsp3) is 0.500. The molecule has 2 rings (SSSR count). The Hall–Kier alpha value is -2.57. The van der Waals surface area contributed by atoms with Crippen LogP contribution in [0, 0.1) is 12.8 Å². The molecule has 0 aliphatic carbocycles. The van der Waals surface area contributed by atoms with Crippen LogP contribution in [0.2, 0.25) is 0 Å². The van der Waals surface area contributed by atoms with E-state index in [1.165, 1.54) is 0 Å². The zero-order chi connectivity index (χ0) is 18.8. The molecule has 3 N–H and O–H groups in total. The molecule has 0 saturated carbocycles. The number of nitrogens with one attached hydrogen (secondary N) is 1. The second-order valence-corrected chi connectivity index (χ2v) is 7.35. The van der Waals surface area contributed by atoms with Crippen molar-refractivity contribution in [3.8, 4) is 0 Å². The third-order valence-electron chi connectivity index (χ3n) is 3.97. The summed E-state index contributed by atoms with van der Waals surface area (Å²) in [6.07, 6.45) is -0.377. The Morgan fingerprint density at radius 3 is 2.60 bits per heavy atom. The molecule has 1 saturated heterocycles. The highest BCUT2D eigenvalue weighted by molar-refractivity contribution is 5.88. The van der Waals surface area contributed by atoms with Crippen molar-refractivity contribution in [2.75, 3.05) is 11.9 Å². The summed E-state index contributed by atoms with van der Waals surface area (Å²) in [5.74, 6) is -0.975. The first-order chi connectivity index (χ1) is 11.5. The summed E-state index contributed by atoms with van der Waals surface area (Å²) in [5.41, 5.74) is 7.19. The van der Waals surface area contributed by atoms with E-state index in [2.05, 4.69) is 5.32 Å². The molecule has 1 aromatic rings. The highest BCUT2D eigenvalue weighted by Crippen LogP contribution is 2.23. The number of nitrogens with zero attached hydrogens (tertiary/aromatic N) is 1. The van der Waals surface area contributed by atoms with Crippen molar-refractivity contribution in [2.24, 2.45) is 11.7 Å². The van der Waals surface area contributed by atoms with Crippen molar-refractivity contribution in [3.05, 3.63) is 29.3 Å². The van der Waals surface area contributed by atoms with Gasteiger partial charge in [0.25, 0.3) is 0 Å².